The first-order valence-electron chi connectivity index (χ1n) is 6.04. The van der Waals surface area contributed by atoms with Gasteiger partial charge in [-0.15, -0.1) is 0 Å². The molecule has 3 heterocycles. The number of aryl methyl sites for hydroxylation is 1. The second-order valence-corrected chi connectivity index (χ2v) is 4.45. The summed E-state index contributed by atoms with van der Waals surface area (Å²) < 4.78 is 1.99. The predicted molar refractivity (Wildman–Crippen MR) is 66.0 cm³/mol. The van der Waals surface area contributed by atoms with Crippen LogP contribution in [0.15, 0.2) is 36.8 Å². The second-order valence-electron chi connectivity index (χ2n) is 4.45. The molecule has 1 unspecified atom stereocenters. The smallest absolute Gasteiger partial charge is 0.253 e. The average Bonchev–Trinajstić information content (AvgIpc) is 2.87. The number of nitrogens with zero attached hydrogens (tertiary/aromatic N) is 3. The second kappa shape index (κ2) is 4.60. The van der Waals surface area contributed by atoms with E-state index in [1.807, 2.05) is 10.7 Å². The van der Waals surface area contributed by atoms with Crippen molar-refractivity contribution < 1.29 is 4.79 Å². The molecular weight excluding hydrogens is 228 g/mol. The third-order valence-electron chi connectivity index (χ3n) is 3.21. The Morgan fingerprint density at radius 3 is 3.17 bits per heavy atom. The summed E-state index contributed by atoms with van der Waals surface area (Å²) in [5.74, 6) is -0.0546. The maximum Gasteiger partial charge on any atom is 0.253 e. The zero-order chi connectivity index (χ0) is 12.4. The van der Waals surface area contributed by atoms with Gasteiger partial charge in [-0.25, -0.2) is 0 Å². The van der Waals surface area contributed by atoms with Gasteiger partial charge in [0.25, 0.3) is 5.91 Å². The summed E-state index contributed by atoms with van der Waals surface area (Å²) in [7, 11) is 0. The van der Waals surface area contributed by atoms with E-state index in [4.69, 9.17) is 0 Å². The number of hydrogen-bond acceptors (Lipinski definition) is 3. The van der Waals surface area contributed by atoms with Crippen LogP contribution in [0.5, 0.6) is 0 Å². The zero-order valence-electron chi connectivity index (χ0n) is 9.91. The molecule has 1 N–H and O–H groups in total. The normalized spacial score (nSPS) is 18.1. The number of carbonyl (C=O) groups excluding carboxylic acids is 1. The molecule has 5 nitrogen and oxygen atoms in total. The van der Waals surface area contributed by atoms with Crippen molar-refractivity contribution in [3.05, 3.63) is 48.0 Å². The van der Waals surface area contributed by atoms with Gasteiger partial charge in [0.05, 0.1) is 5.56 Å². The van der Waals surface area contributed by atoms with Gasteiger partial charge in [0.2, 0.25) is 0 Å². The Bertz CT molecular complexity index is 549. The molecule has 0 spiro atoms. The molecule has 0 bridgehead atoms. The van der Waals surface area contributed by atoms with E-state index in [2.05, 4.69) is 15.4 Å². The van der Waals surface area contributed by atoms with Crippen LogP contribution in [0.2, 0.25) is 0 Å². The van der Waals surface area contributed by atoms with Crippen LogP contribution >= 0.6 is 0 Å². The Kier molecular flexibility index (Phi) is 2.80. The fourth-order valence-electron chi connectivity index (χ4n) is 2.26. The molecule has 0 saturated heterocycles. The van der Waals surface area contributed by atoms with Crippen LogP contribution in [0.4, 0.5) is 0 Å². The average molecular weight is 242 g/mol. The Hall–Kier alpha value is -2.17. The Balaban J connectivity index is 1.67. The van der Waals surface area contributed by atoms with Crippen molar-refractivity contribution in [1.82, 2.24) is 20.1 Å². The van der Waals surface area contributed by atoms with Crippen LogP contribution in [0.25, 0.3) is 0 Å². The van der Waals surface area contributed by atoms with Crippen LogP contribution in [-0.4, -0.2) is 26.7 Å². The molecule has 1 aliphatic rings. The highest BCUT2D eigenvalue weighted by atomic mass is 16.1. The van der Waals surface area contributed by atoms with E-state index in [1.54, 1.807) is 30.7 Å². The quantitative estimate of drug-likeness (QED) is 0.855. The molecule has 0 saturated carbocycles. The summed E-state index contributed by atoms with van der Waals surface area (Å²) in [5.41, 5.74) is 1.79. The lowest BCUT2D eigenvalue weighted by Gasteiger charge is -2.24. The zero-order valence-corrected chi connectivity index (χ0v) is 9.91. The molecule has 1 amide bonds. The van der Waals surface area contributed by atoms with Gasteiger partial charge in [-0.3, -0.25) is 14.5 Å². The molecule has 1 atom stereocenters. The molecule has 92 valence electrons. The predicted octanol–water partition coefficient (Wildman–Crippen LogP) is 1.02. The lowest BCUT2D eigenvalue weighted by atomic mass is 10.0. The Labute approximate surface area is 105 Å². The van der Waals surface area contributed by atoms with E-state index in [9.17, 15) is 4.79 Å². The highest BCUT2D eigenvalue weighted by molar-refractivity contribution is 5.94. The van der Waals surface area contributed by atoms with Gasteiger partial charge in [0.15, 0.2) is 0 Å². The number of hydrogen-bond donors (Lipinski definition) is 1. The van der Waals surface area contributed by atoms with Gasteiger partial charge in [0, 0.05) is 43.3 Å². The summed E-state index contributed by atoms with van der Waals surface area (Å²) in [5, 5.41) is 7.27. The molecule has 0 aliphatic carbocycles. The van der Waals surface area contributed by atoms with Gasteiger partial charge in [-0.2, -0.15) is 5.10 Å². The molecule has 2 aromatic rings. The molecule has 2 aromatic heterocycles. The van der Waals surface area contributed by atoms with Gasteiger partial charge >= 0.3 is 0 Å². The van der Waals surface area contributed by atoms with E-state index < -0.39 is 0 Å². The number of amides is 1. The van der Waals surface area contributed by atoms with E-state index in [0.717, 1.165) is 19.4 Å². The molecule has 3 rings (SSSR count). The SMILES string of the molecule is O=C(NC1CCn2nccc2C1)c1cccnc1. The van der Waals surface area contributed by atoms with Crippen molar-refractivity contribution in [2.45, 2.75) is 25.4 Å². The summed E-state index contributed by atoms with van der Waals surface area (Å²) >= 11 is 0. The van der Waals surface area contributed by atoms with Gasteiger partial charge in [0.1, 0.15) is 0 Å². The number of aromatic nitrogens is 3. The van der Waals surface area contributed by atoms with Crippen molar-refractivity contribution in [2.75, 3.05) is 0 Å². The van der Waals surface area contributed by atoms with Crippen LogP contribution in [0, 0.1) is 0 Å². The molecule has 0 fully saturated rings. The van der Waals surface area contributed by atoms with Crippen molar-refractivity contribution in [1.29, 1.82) is 0 Å². The highest BCUT2D eigenvalue weighted by Gasteiger charge is 2.20. The van der Waals surface area contributed by atoms with Crippen LogP contribution in [0.3, 0.4) is 0 Å². The van der Waals surface area contributed by atoms with Crippen LogP contribution in [-0.2, 0) is 13.0 Å². The molecule has 18 heavy (non-hydrogen) atoms. The summed E-state index contributed by atoms with van der Waals surface area (Å²) in [4.78, 5) is 15.9. The van der Waals surface area contributed by atoms with Gasteiger partial charge in [-0.05, 0) is 24.6 Å². The van der Waals surface area contributed by atoms with E-state index >= 15 is 0 Å². The van der Waals surface area contributed by atoms with Crippen molar-refractivity contribution >= 4 is 5.91 Å². The maximum atomic E-state index is 12.0. The minimum atomic E-state index is -0.0546. The van der Waals surface area contributed by atoms with Crippen molar-refractivity contribution in [3.63, 3.8) is 0 Å². The monoisotopic (exact) mass is 242 g/mol. The Morgan fingerprint density at radius 1 is 1.39 bits per heavy atom. The van der Waals surface area contributed by atoms with Crippen LogP contribution in [0.1, 0.15) is 22.5 Å². The molecule has 5 heteroatoms. The first-order valence-corrected chi connectivity index (χ1v) is 6.04. The number of pyridine rings is 1. The van der Waals surface area contributed by atoms with Crippen molar-refractivity contribution in [2.24, 2.45) is 0 Å². The first-order chi connectivity index (χ1) is 8.83. The minimum absolute atomic E-state index is 0.0546. The Morgan fingerprint density at radius 2 is 2.33 bits per heavy atom. The van der Waals surface area contributed by atoms with E-state index in [0.29, 0.717) is 5.56 Å². The topological polar surface area (TPSA) is 59.8 Å². The summed E-state index contributed by atoms with van der Waals surface area (Å²) in [6, 6.07) is 5.73. The first kappa shape index (κ1) is 11.0. The number of fused-ring (bicyclic) bond motifs is 1. The number of nitrogens with one attached hydrogen (secondary N) is 1. The van der Waals surface area contributed by atoms with Gasteiger partial charge < -0.3 is 5.32 Å². The van der Waals surface area contributed by atoms with Crippen molar-refractivity contribution in [3.8, 4) is 0 Å². The molecule has 0 aromatic carbocycles. The summed E-state index contributed by atoms with van der Waals surface area (Å²) in [6.07, 6.45) is 6.81. The van der Waals surface area contributed by atoms with E-state index in [1.165, 1.54) is 5.69 Å². The number of rotatable bonds is 2. The fraction of sp³-hybridized carbons (Fsp3) is 0.308. The maximum absolute atomic E-state index is 12.0. The lowest BCUT2D eigenvalue weighted by Crippen LogP contribution is -2.40. The standard InChI is InChI=1S/C13H14N4O/c18-13(10-2-1-5-14-9-10)16-11-4-7-17-12(8-11)3-6-15-17/h1-3,5-6,9,11H,4,7-8H2,(H,16,18). The molecule has 0 radical (unpaired) electrons. The minimum Gasteiger partial charge on any atom is -0.349 e. The van der Waals surface area contributed by atoms with Gasteiger partial charge in [-0.1, -0.05) is 0 Å². The molecular formula is C13H14N4O. The highest BCUT2D eigenvalue weighted by Crippen LogP contribution is 2.14. The fourth-order valence-corrected chi connectivity index (χ4v) is 2.26. The third-order valence-corrected chi connectivity index (χ3v) is 3.21. The largest absolute Gasteiger partial charge is 0.349 e. The third kappa shape index (κ3) is 2.11. The lowest BCUT2D eigenvalue weighted by molar-refractivity contribution is 0.0930. The molecule has 1 aliphatic heterocycles. The van der Waals surface area contributed by atoms with Crippen LogP contribution < -0.4 is 5.32 Å². The van der Waals surface area contributed by atoms with E-state index in [-0.39, 0.29) is 11.9 Å². The summed E-state index contributed by atoms with van der Waals surface area (Å²) in [6.45, 7) is 0.861. The number of carbonyl (C=O) groups is 1.